The number of benzene rings is 1. The zero-order valence-electron chi connectivity index (χ0n) is 14.3. The Morgan fingerprint density at radius 1 is 1.28 bits per heavy atom. The number of nitrogens with zero attached hydrogens (tertiary/aromatic N) is 2. The minimum absolute atomic E-state index is 0.0470. The van der Waals surface area contributed by atoms with Gasteiger partial charge in [-0.15, -0.1) is 0 Å². The highest BCUT2D eigenvalue weighted by molar-refractivity contribution is 9.10. The van der Waals surface area contributed by atoms with E-state index in [0.29, 0.717) is 18.4 Å². The van der Waals surface area contributed by atoms with E-state index in [1.807, 2.05) is 0 Å². The second-order valence-electron chi connectivity index (χ2n) is 6.63. The van der Waals surface area contributed by atoms with E-state index in [9.17, 15) is 14.7 Å². The molecule has 3 rings (SSSR count). The molecule has 2 aliphatic rings. The lowest BCUT2D eigenvalue weighted by Crippen LogP contribution is -2.58. The minimum Gasteiger partial charge on any atom is -0.480 e. The van der Waals surface area contributed by atoms with E-state index in [0.717, 1.165) is 30.5 Å². The summed E-state index contributed by atoms with van der Waals surface area (Å²) in [6.07, 6.45) is 2.35. The third kappa shape index (κ3) is 3.59. The third-order valence-electron chi connectivity index (χ3n) is 5.03. The Kier molecular flexibility index (Phi) is 5.46. The molecule has 0 aromatic heterocycles. The third-order valence-corrected chi connectivity index (χ3v) is 5.56. The van der Waals surface area contributed by atoms with Gasteiger partial charge in [-0.1, -0.05) is 22.9 Å². The van der Waals surface area contributed by atoms with Gasteiger partial charge in [0.15, 0.2) is 6.04 Å². The molecule has 1 amide bonds. The van der Waals surface area contributed by atoms with Crippen LogP contribution < -0.4 is 0 Å². The van der Waals surface area contributed by atoms with Crippen molar-refractivity contribution in [2.45, 2.75) is 38.0 Å². The number of halogens is 1. The first-order chi connectivity index (χ1) is 12.0. The Labute approximate surface area is 155 Å². The molecule has 2 fully saturated rings. The number of piperidine rings is 1. The summed E-state index contributed by atoms with van der Waals surface area (Å²) in [7, 11) is 0. The molecule has 7 heteroatoms. The van der Waals surface area contributed by atoms with E-state index >= 15 is 0 Å². The number of hydrogen-bond acceptors (Lipinski definition) is 4. The highest BCUT2D eigenvalue weighted by atomic mass is 79.9. The summed E-state index contributed by atoms with van der Waals surface area (Å²) in [5.41, 5.74) is -0.326. The molecule has 0 bridgehead atoms. The van der Waals surface area contributed by atoms with Gasteiger partial charge in [-0.25, -0.2) is 4.79 Å². The van der Waals surface area contributed by atoms with Gasteiger partial charge in [-0.2, -0.15) is 0 Å². The van der Waals surface area contributed by atoms with Crippen molar-refractivity contribution in [2.75, 3.05) is 26.2 Å². The van der Waals surface area contributed by atoms with E-state index in [-0.39, 0.29) is 12.5 Å². The van der Waals surface area contributed by atoms with Gasteiger partial charge >= 0.3 is 5.97 Å². The van der Waals surface area contributed by atoms with Gasteiger partial charge in [-0.3, -0.25) is 9.69 Å². The van der Waals surface area contributed by atoms with Crippen molar-refractivity contribution in [1.29, 1.82) is 0 Å². The fraction of sp³-hybridized carbons (Fsp3) is 0.556. The molecule has 0 radical (unpaired) electrons. The van der Waals surface area contributed by atoms with Crippen molar-refractivity contribution < 1.29 is 19.4 Å². The van der Waals surface area contributed by atoms with Crippen LogP contribution in [0.5, 0.6) is 0 Å². The van der Waals surface area contributed by atoms with E-state index in [4.69, 9.17) is 4.74 Å². The topological polar surface area (TPSA) is 70.1 Å². The van der Waals surface area contributed by atoms with E-state index in [1.165, 1.54) is 4.90 Å². The Morgan fingerprint density at radius 2 is 1.92 bits per heavy atom. The lowest BCUT2D eigenvalue weighted by molar-refractivity contribution is -0.143. The summed E-state index contributed by atoms with van der Waals surface area (Å²) in [4.78, 5) is 28.6. The summed E-state index contributed by atoms with van der Waals surface area (Å²) in [5, 5.41) is 9.58. The fourth-order valence-corrected chi connectivity index (χ4v) is 3.99. The van der Waals surface area contributed by atoms with Crippen LogP contribution in [0.25, 0.3) is 0 Å². The first-order valence-electron chi connectivity index (χ1n) is 8.65. The quantitative estimate of drug-likeness (QED) is 0.825. The van der Waals surface area contributed by atoms with Crippen molar-refractivity contribution in [2.24, 2.45) is 0 Å². The zero-order chi connectivity index (χ0) is 18.0. The first kappa shape index (κ1) is 18.4. The molecule has 1 aromatic carbocycles. The number of hydrogen-bond donors (Lipinski definition) is 1. The summed E-state index contributed by atoms with van der Waals surface area (Å²) in [6, 6.07) is 6.06. The molecular formula is C18H23BrN2O4. The van der Waals surface area contributed by atoms with Crippen molar-refractivity contribution >= 4 is 27.8 Å². The van der Waals surface area contributed by atoms with E-state index < -0.39 is 17.7 Å². The Balaban J connectivity index is 1.87. The second kappa shape index (κ2) is 7.43. The van der Waals surface area contributed by atoms with E-state index in [1.54, 1.807) is 24.3 Å². The molecule has 1 atom stereocenters. The lowest BCUT2D eigenvalue weighted by atomic mass is 9.96. The average molecular weight is 411 g/mol. The average Bonchev–Trinajstić information content (AvgIpc) is 2.96. The Bertz CT molecular complexity index is 641. The predicted molar refractivity (Wildman–Crippen MR) is 96.4 cm³/mol. The van der Waals surface area contributed by atoms with Gasteiger partial charge in [-0.05, 0) is 37.2 Å². The second-order valence-corrected chi connectivity index (χ2v) is 7.55. The molecule has 1 spiro atoms. The number of likely N-dealkylation sites (tertiary alicyclic amines) is 1. The number of amides is 1. The molecule has 2 heterocycles. The number of carboxylic acids is 1. The highest BCUT2D eigenvalue weighted by Gasteiger charge is 2.53. The number of carbonyl (C=O) groups excluding carboxylic acids is 1. The summed E-state index contributed by atoms with van der Waals surface area (Å²) >= 11 is 3.36. The van der Waals surface area contributed by atoms with Crippen LogP contribution in [0.15, 0.2) is 28.7 Å². The molecule has 1 N–H and O–H groups in total. The minimum atomic E-state index is -1.02. The zero-order valence-corrected chi connectivity index (χ0v) is 15.9. The molecule has 6 nitrogen and oxygen atoms in total. The normalized spacial score (nSPS) is 23.1. The molecule has 136 valence electrons. The standard InChI is InChI=1S/C18H23BrN2O4/c1-2-9-20-10-7-18(8-11-20)21(15(12-25-18)17(23)24)16(22)13-3-5-14(19)6-4-13/h3-6,15H,2,7-12H2,1H3,(H,23,24)/t15-/m0/s1. The van der Waals surface area contributed by atoms with Crippen LogP contribution in [0.3, 0.4) is 0 Å². The van der Waals surface area contributed by atoms with Crippen molar-refractivity contribution in [3.05, 3.63) is 34.3 Å². The van der Waals surface area contributed by atoms with Crippen LogP contribution in [0, 0.1) is 0 Å². The van der Waals surface area contributed by atoms with Gasteiger partial charge in [0.2, 0.25) is 0 Å². The molecule has 25 heavy (non-hydrogen) atoms. The fourth-order valence-electron chi connectivity index (χ4n) is 3.73. The van der Waals surface area contributed by atoms with Crippen molar-refractivity contribution in [1.82, 2.24) is 9.80 Å². The molecule has 0 saturated carbocycles. The maximum Gasteiger partial charge on any atom is 0.328 e. The van der Waals surface area contributed by atoms with Crippen LogP contribution in [-0.4, -0.2) is 64.8 Å². The number of ether oxygens (including phenoxy) is 1. The molecule has 2 aliphatic heterocycles. The van der Waals surface area contributed by atoms with Gasteiger partial charge < -0.3 is 14.7 Å². The number of carbonyl (C=O) groups is 2. The molecule has 2 saturated heterocycles. The monoisotopic (exact) mass is 410 g/mol. The Hall–Kier alpha value is -1.44. The SMILES string of the molecule is CCCN1CCC2(CC1)OC[C@@H](C(=O)O)N2C(=O)c1ccc(Br)cc1. The molecule has 0 aliphatic carbocycles. The maximum atomic E-state index is 13.1. The van der Waals surface area contributed by atoms with Crippen LogP contribution in [0.4, 0.5) is 0 Å². The summed E-state index contributed by atoms with van der Waals surface area (Å²) < 4.78 is 6.82. The smallest absolute Gasteiger partial charge is 0.328 e. The van der Waals surface area contributed by atoms with Gasteiger partial charge in [0, 0.05) is 36.0 Å². The number of carboxylic acid groups (broad SMARTS) is 1. The lowest BCUT2D eigenvalue weighted by Gasteiger charge is -2.44. The predicted octanol–water partition coefficient (Wildman–Crippen LogP) is 2.58. The Morgan fingerprint density at radius 3 is 2.48 bits per heavy atom. The van der Waals surface area contributed by atoms with Gasteiger partial charge in [0.25, 0.3) is 5.91 Å². The molecular weight excluding hydrogens is 388 g/mol. The highest BCUT2D eigenvalue weighted by Crippen LogP contribution is 2.38. The van der Waals surface area contributed by atoms with Gasteiger partial charge in [0.05, 0.1) is 6.61 Å². The van der Waals surface area contributed by atoms with Crippen LogP contribution in [0.2, 0.25) is 0 Å². The maximum absolute atomic E-state index is 13.1. The first-order valence-corrected chi connectivity index (χ1v) is 9.44. The molecule has 1 aromatic rings. The summed E-state index contributed by atoms with van der Waals surface area (Å²) in [6.45, 7) is 4.82. The van der Waals surface area contributed by atoms with Crippen LogP contribution in [0.1, 0.15) is 36.5 Å². The van der Waals surface area contributed by atoms with Crippen molar-refractivity contribution in [3.63, 3.8) is 0 Å². The van der Waals surface area contributed by atoms with Crippen molar-refractivity contribution in [3.8, 4) is 0 Å². The van der Waals surface area contributed by atoms with Crippen LogP contribution in [-0.2, 0) is 9.53 Å². The van der Waals surface area contributed by atoms with Gasteiger partial charge in [0.1, 0.15) is 5.72 Å². The van der Waals surface area contributed by atoms with E-state index in [2.05, 4.69) is 27.8 Å². The number of rotatable bonds is 4. The van der Waals surface area contributed by atoms with Crippen LogP contribution >= 0.6 is 15.9 Å². The number of aliphatic carboxylic acids is 1. The molecule has 0 unspecified atom stereocenters. The summed E-state index contributed by atoms with van der Waals surface area (Å²) in [5.74, 6) is -1.29. The largest absolute Gasteiger partial charge is 0.480 e.